The van der Waals surface area contributed by atoms with Crippen molar-refractivity contribution in [2.45, 2.75) is 31.6 Å². The van der Waals surface area contributed by atoms with Crippen LogP contribution in [0.25, 0.3) is 10.8 Å². The molecule has 2 heteroatoms. The highest BCUT2D eigenvalue weighted by atomic mass is 16.1. The number of fused-ring (bicyclic) bond motifs is 1. The minimum Gasteiger partial charge on any atom is -0.300 e. The molecule has 0 spiro atoms. The second kappa shape index (κ2) is 4.28. The molecular weight excluding hydrogens is 210 g/mol. The molecule has 0 N–H and O–H groups in total. The Morgan fingerprint density at radius 1 is 1.06 bits per heavy atom. The van der Waals surface area contributed by atoms with Gasteiger partial charge < -0.3 is 0 Å². The van der Waals surface area contributed by atoms with Gasteiger partial charge in [0.15, 0.2) is 0 Å². The van der Waals surface area contributed by atoms with Crippen LogP contribution in [0.5, 0.6) is 0 Å². The van der Waals surface area contributed by atoms with E-state index in [1.54, 1.807) is 0 Å². The second-order valence-corrected chi connectivity index (χ2v) is 4.73. The third kappa shape index (κ3) is 1.95. The van der Waals surface area contributed by atoms with Gasteiger partial charge in [-0.1, -0.05) is 24.3 Å². The maximum absolute atomic E-state index is 11.3. The summed E-state index contributed by atoms with van der Waals surface area (Å²) in [5, 5.41) is 2.49. The quantitative estimate of drug-likeness (QED) is 0.744. The fourth-order valence-corrected chi connectivity index (χ4v) is 2.68. The lowest BCUT2D eigenvalue weighted by molar-refractivity contribution is -0.120. The van der Waals surface area contributed by atoms with Crippen LogP contribution in [0.3, 0.4) is 0 Å². The van der Waals surface area contributed by atoms with Crippen LogP contribution in [0.2, 0.25) is 0 Å². The van der Waals surface area contributed by atoms with Crippen molar-refractivity contribution in [3.63, 3.8) is 0 Å². The lowest BCUT2D eigenvalue weighted by Gasteiger charge is -2.21. The van der Waals surface area contributed by atoms with Crippen LogP contribution in [-0.2, 0) is 4.79 Å². The molecule has 2 aromatic rings. The minimum atomic E-state index is 0.404. The molecule has 3 rings (SSSR count). The number of Topliss-reactive ketones (excluding diaryl/α,β-unsaturated/α-hetero) is 1. The zero-order chi connectivity index (χ0) is 11.7. The fraction of sp³-hybridized carbons (Fsp3) is 0.333. The van der Waals surface area contributed by atoms with E-state index in [1.807, 2.05) is 12.3 Å². The topological polar surface area (TPSA) is 30.0 Å². The van der Waals surface area contributed by atoms with E-state index in [9.17, 15) is 4.79 Å². The predicted octanol–water partition coefficient (Wildman–Crippen LogP) is 3.46. The van der Waals surface area contributed by atoms with E-state index < -0.39 is 0 Å². The predicted molar refractivity (Wildman–Crippen MR) is 68.0 cm³/mol. The molecule has 0 bridgehead atoms. The number of benzene rings is 1. The summed E-state index contributed by atoms with van der Waals surface area (Å²) in [5.74, 6) is 0.861. The van der Waals surface area contributed by atoms with Crippen LogP contribution < -0.4 is 0 Å². The molecule has 0 radical (unpaired) electrons. The Kier molecular flexibility index (Phi) is 2.63. The molecule has 0 saturated heterocycles. The van der Waals surface area contributed by atoms with Gasteiger partial charge in [0.1, 0.15) is 5.78 Å². The number of rotatable bonds is 1. The van der Waals surface area contributed by atoms with E-state index in [-0.39, 0.29) is 0 Å². The van der Waals surface area contributed by atoms with Crippen LogP contribution in [0.15, 0.2) is 36.5 Å². The zero-order valence-electron chi connectivity index (χ0n) is 9.73. The van der Waals surface area contributed by atoms with Gasteiger partial charge >= 0.3 is 0 Å². The van der Waals surface area contributed by atoms with E-state index in [0.717, 1.165) is 25.7 Å². The highest BCUT2D eigenvalue weighted by molar-refractivity contribution is 5.85. The first kappa shape index (κ1) is 10.5. The van der Waals surface area contributed by atoms with Crippen molar-refractivity contribution < 1.29 is 4.79 Å². The summed E-state index contributed by atoms with van der Waals surface area (Å²) in [6.07, 6.45) is 5.24. The van der Waals surface area contributed by atoms with Crippen LogP contribution in [0.1, 0.15) is 37.3 Å². The SMILES string of the molecule is O=C1CCC(c2nccc3ccccc23)CC1. The van der Waals surface area contributed by atoms with Crippen molar-refractivity contribution in [2.24, 2.45) is 0 Å². The second-order valence-electron chi connectivity index (χ2n) is 4.73. The molecule has 0 aliphatic heterocycles. The van der Waals surface area contributed by atoms with E-state index in [2.05, 4.69) is 29.2 Å². The summed E-state index contributed by atoms with van der Waals surface area (Å²) >= 11 is 0. The molecule has 1 aliphatic carbocycles. The summed E-state index contributed by atoms with van der Waals surface area (Å²) in [7, 11) is 0. The fourth-order valence-electron chi connectivity index (χ4n) is 2.68. The molecule has 1 aliphatic rings. The van der Waals surface area contributed by atoms with Crippen molar-refractivity contribution >= 4 is 16.6 Å². The van der Waals surface area contributed by atoms with Crippen molar-refractivity contribution in [1.29, 1.82) is 0 Å². The number of nitrogens with zero attached hydrogens (tertiary/aromatic N) is 1. The molecule has 1 fully saturated rings. The summed E-state index contributed by atoms with van der Waals surface area (Å²) in [6, 6.07) is 10.4. The zero-order valence-corrected chi connectivity index (χ0v) is 9.73. The van der Waals surface area contributed by atoms with Crippen molar-refractivity contribution in [3.05, 3.63) is 42.2 Å². The Morgan fingerprint density at radius 3 is 2.65 bits per heavy atom. The average Bonchev–Trinajstić information content (AvgIpc) is 2.39. The Balaban J connectivity index is 2.02. The van der Waals surface area contributed by atoms with Crippen LogP contribution in [0, 0.1) is 0 Å². The number of carbonyl (C=O) groups excluding carboxylic acids is 1. The number of carbonyl (C=O) groups is 1. The van der Waals surface area contributed by atoms with Gasteiger partial charge in [-0.25, -0.2) is 0 Å². The molecule has 1 aromatic carbocycles. The van der Waals surface area contributed by atoms with Gasteiger partial charge in [0.05, 0.1) is 5.69 Å². The Labute approximate surface area is 101 Å². The summed E-state index contributed by atoms with van der Waals surface area (Å²) in [6.45, 7) is 0. The molecule has 0 atom stereocenters. The maximum atomic E-state index is 11.3. The van der Waals surface area contributed by atoms with Crippen LogP contribution in [0.4, 0.5) is 0 Å². The van der Waals surface area contributed by atoms with Gasteiger partial charge in [-0.05, 0) is 24.3 Å². The van der Waals surface area contributed by atoms with Gasteiger partial charge in [-0.2, -0.15) is 0 Å². The third-order valence-corrected chi connectivity index (χ3v) is 3.63. The number of aromatic nitrogens is 1. The number of pyridine rings is 1. The summed E-state index contributed by atoms with van der Waals surface area (Å²) in [4.78, 5) is 15.8. The van der Waals surface area contributed by atoms with E-state index in [4.69, 9.17) is 0 Å². The smallest absolute Gasteiger partial charge is 0.132 e. The summed E-state index contributed by atoms with van der Waals surface area (Å²) in [5.41, 5.74) is 1.18. The molecule has 0 unspecified atom stereocenters. The van der Waals surface area contributed by atoms with Gasteiger partial charge in [0.2, 0.25) is 0 Å². The largest absolute Gasteiger partial charge is 0.300 e. The molecule has 2 nitrogen and oxygen atoms in total. The minimum absolute atomic E-state index is 0.404. The highest BCUT2D eigenvalue weighted by Gasteiger charge is 2.22. The van der Waals surface area contributed by atoms with Gasteiger partial charge in [0, 0.05) is 30.3 Å². The normalized spacial score (nSPS) is 17.5. The molecule has 1 aromatic heterocycles. The van der Waals surface area contributed by atoms with Gasteiger partial charge in [-0.15, -0.1) is 0 Å². The Bertz CT molecular complexity index is 546. The highest BCUT2D eigenvalue weighted by Crippen LogP contribution is 2.33. The molecule has 0 amide bonds. The van der Waals surface area contributed by atoms with Crippen molar-refractivity contribution in [2.75, 3.05) is 0 Å². The van der Waals surface area contributed by atoms with E-state index in [1.165, 1.54) is 16.5 Å². The third-order valence-electron chi connectivity index (χ3n) is 3.63. The molecule has 1 saturated carbocycles. The lowest BCUT2D eigenvalue weighted by Crippen LogP contribution is -2.13. The van der Waals surface area contributed by atoms with Crippen LogP contribution >= 0.6 is 0 Å². The molecule has 17 heavy (non-hydrogen) atoms. The first-order valence-electron chi connectivity index (χ1n) is 6.20. The average molecular weight is 225 g/mol. The summed E-state index contributed by atoms with van der Waals surface area (Å²) < 4.78 is 0. The standard InChI is InChI=1S/C15H15NO/c17-13-7-5-12(6-8-13)15-14-4-2-1-3-11(14)9-10-16-15/h1-4,9-10,12H,5-8H2. The lowest BCUT2D eigenvalue weighted by atomic mass is 9.84. The van der Waals surface area contributed by atoms with Crippen molar-refractivity contribution in [3.8, 4) is 0 Å². The van der Waals surface area contributed by atoms with Crippen LogP contribution in [-0.4, -0.2) is 10.8 Å². The molecular formula is C15H15NO. The van der Waals surface area contributed by atoms with E-state index >= 15 is 0 Å². The van der Waals surface area contributed by atoms with E-state index in [0.29, 0.717) is 11.7 Å². The number of hydrogen-bond donors (Lipinski definition) is 0. The first-order valence-corrected chi connectivity index (χ1v) is 6.20. The number of hydrogen-bond acceptors (Lipinski definition) is 2. The monoisotopic (exact) mass is 225 g/mol. The maximum Gasteiger partial charge on any atom is 0.132 e. The first-order chi connectivity index (χ1) is 8.34. The Morgan fingerprint density at radius 2 is 1.82 bits per heavy atom. The Hall–Kier alpha value is -1.70. The van der Waals surface area contributed by atoms with Gasteiger partial charge in [-0.3, -0.25) is 9.78 Å². The number of ketones is 1. The molecule has 86 valence electrons. The van der Waals surface area contributed by atoms with Crippen molar-refractivity contribution in [1.82, 2.24) is 4.98 Å². The molecule has 1 heterocycles. The van der Waals surface area contributed by atoms with Gasteiger partial charge in [0.25, 0.3) is 0 Å².